The average Bonchev–Trinajstić information content (AvgIpc) is 2.60. The van der Waals surface area contributed by atoms with E-state index < -0.39 is 17.2 Å². The van der Waals surface area contributed by atoms with Crippen molar-refractivity contribution in [3.05, 3.63) is 60.0 Å². The third-order valence-corrected chi connectivity index (χ3v) is 4.55. The maximum Gasteiger partial charge on any atom is 0.328 e. The first-order valence-electron chi connectivity index (χ1n) is 7.26. The zero-order chi connectivity index (χ0) is 19.0. The lowest BCUT2D eigenvalue weighted by Gasteiger charge is -2.26. The van der Waals surface area contributed by atoms with E-state index in [1.54, 1.807) is 12.1 Å². The number of nitriles is 1. The Bertz CT molecular complexity index is 1080. The molecule has 0 bridgehead atoms. The summed E-state index contributed by atoms with van der Waals surface area (Å²) in [6.07, 6.45) is 0. The number of fused-ring (bicyclic) bond motifs is 1. The number of rotatable bonds is 3. The molecule has 1 aliphatic rings. The summed E-state index contributed by atoms with van der Waals surface area (Å²) in [5.74, 6) is -0.353. The van der Waals surface area contributed by atoms with Gasteiger partial charge in [-0.3, -0.25) is 14.8 Å². The first-order valence-corrected chi connectivity index (χ1v) is 8.06. The van der Waals surface area contributed by atoms with Crippen molar-refractivity contribution < 1.29 is 14.2 Å². The molecule has 0 unspecified atom stereocenters. The third kappa shape index (κ3) is 2.72. The summed E-state index contributed by atoms with van der Waals surface area (Å²) >= 11 is 3.38. The maximum absolute atomic E-state index is 12.4. The summed E-state index contributed by atoms with van der Waals surface area (Å²) in [5, 5.41) is 9.57. The second-order valence-electron chi connectivity index (χ2n) is 5.30. The van der Waals surface area contributed by atoms with Crippen LogP contribution < -0.4 is 31.2 Å². The van der Waals surface area contributed by atoms with E-state index in [4.69, 9.17) is 19.9 Å². The predicted molar refractivity (Wildman–Crippen MR) is 94.2 cm³/mol. The molecule has 1 aromatic carbocycles. The van der Waals surface area contributed by atoms with Gasteiger partial charge in [0.15, 0.2) is 0 Å². The second-order valence-corrected chi connectivity index (χ2v) is 6.16. The number of allylic oxidation sites excluding steroid dienone is 1. The van der Waals surface area contributed by atoms with Crippen LogP contribution in [0.1, 0.15) is 17.0 Å². The smallest absolute Gasteiger partial charge is 0.328 e. The van der Waals surface area contributed by atoms with Gasteiger partial charge in [0.2, 0.25) is 11.8 Å². The van der Waals surface area contributed by atoms with Gasteiger partial charge in [0, 0.05) is 11.6 Å². The third-order valence-electron chi connectivity index (χ3n) is 3.93. The van der Waals surface area contributed by atoms with E-state index >= 15 is 0 Å². The van der Waals surface area contributed by atoms with Crippen LogP contribution in [0.2, 0.25) is 0 Å². The van der Waals surface area contributed by atoms with Crippen molar-refractivity contribution in [2.75, 3.05) is 14.2 Å². The minimum absolute atomic E-state index is 0.0189. The molecule has 4 N–H and O–H groups in total. The van der Waals surface area contributed by atoms with Gasteiger partial charge < -0.3 is 19.9 Å². The normalized spacial score (nSPS) is 15.7. The molecule has 0 radical (unpaired) electrons. The lowest BCUT2D eigenvalue weighted by molar-refractivity contribution is 0.367. The lowest BCUT2D eigenvalue weighted by atomic mass is 9.84. The number of ether oxygens (including phenoxy) is 3. The first kappa shape index (κ1) is 17.6. The minimum atomic E-state index is -0.901. The number of hydrogen-bond donors (Lipinski definition) is 3. The van der Waals surface area contributed by atoms with Crippen LogP contribution in [0.4, 0.5) is 0 Å². The molecule has 10 heteroatoms. The SMILES string of the molecule is COc1cc(OC)c([C@H]2C(C#N)=C(N)Oc3[nH]c(=O)[nH]c(=O)c32)cc1Br. The number of nitrogens with zero attached hydrogens (tertiary/aromatic N) is 1. The molecule has 0 fully saturated rings. The first-order chi connectivity index (χ1) is 12.4. The van der Waals surface area contributed by atoms with Crippen molar-refractivity contribution in [2.45, 2.75) is 5.92 Å². The zero-order valence-corrected chi connectivity index (χ0v) is 15.3. The van der Waals surface area contributed by atoms with Gasteiger partial charge in [0.05, 0.1) is 30.2 Å². The molecule has 26 heavy (non-hydrogen) atoms. The molecule has 0 saturated heterocycles. The van der Waals surface area contributed by atoms with Crippen LogP contribution >= 0.6 is 15.9 Å². The number of halogens is 1. The molecular formula is C16H13BrN4O5. The molecule has 1 aliphatic heterocycles. The number of H-pyrrole nitrogens is 2. The van der Waals surface area contributed by atoms with Gasteiger partial charge in [0.25, 0.3) is 5.56 Å². The summed E-state index contributed by atoms with van der Waals surface area (Å²) < 4.78 is 16.5. The van der Waals surface area contributed by atoms with Gasteiger partial charge in [-0.1, -0.05) is 0 Å². The van der Waals surface area contributed by atoms with Crippen LogP contribution in [-0.4, -0.2) is 24.2 Å². The van der Waals surface area contributed by atoms with Crippen LogP contribution in [0.3, 0.4) is 0 Å². The molecule has 9 nitrogen and oxygen atoms in total. The molecule has 1 atom stereocenters. The molecule has 3 rings (SSSR count). The highest BCUT2D eigenvalue weighted by Gasteiger charge is 2.36. The number of nitrogens with one attached hydrogen (secondary N) is 2. The molecule has 0 saturated carbocycles. The van der Waals surface area contributed by atoms with Crippen molar-refractivity contribution in [3.63, 3.8) is 0 Å². The van der Waals surface area contributed by atoms with E-state index in [1.807, 2.05) is 6.07 Å². The Balaban J connectivity index is 2.38. The van der Waals surface area contributed by atoms with Gasteiger partial charge in [0.1, 0.15) is 23.1 Å². The van der Waals surface area contributed by atoms with Crippen LogP contribution in [0, 0.1) is 11.3 Å². The Hall–Kier alpha value is -3.19. The van der Waals surface area contributed by atoms with Crippen LogP contribution in [-0.2, 0) is 0 Å². The van der Waals surface area contributed by atoms with Gasteiger partial charge in [-0.25, -0.2) is 4.79 Å². The van der Waals surface area contributed by atoms with E-state index in [0.717, 1.165) is 0 Å². The summed E-state index contributed by atoms with van der Waals surface area (Å²) in [7, 11) is 2.94. The van der Waals surface area contributed by atoms with E-state index in [2.05, 4.69) is 25.9 Å². The lowest BCUT2D eigenvalue weighted by Crippen LogP contribution is -2.33. The van der Waals surface area contributed by atoms with Gasteiger partial charge >= 0.3 is 5.69 Å². The molecule has 2 heterocycles. The fraction of sp³-hybridized carbons (Fsp3) is 0.188. The van der Waals surface area contributed by atoms with E-state index in [1.165, 1.54) is 14.2 Å². The fourth-order valence-corrected chi connectivity index (χ4v) is 3.33. The van der Waals surface area contributed by atoms with Crippen molar-refractivity contribution in [1.82, 2.24) is 9.97 Å². The minimum Gasteiger partial charge on any atom is -0.496 e. The van der Waals surface area contributed by atoms with E-state index in [-0.39, 0.29) is 22.9 Å². The Morgan fingerprint density at radius 2 is 1.92 bits per heavy atom. The van der Waals surface area contributed by atoms with E-state index in [9.17, 15) is 14.9 Å². The maximum atomic E-state index is 12.4. The highest BCUT2D eigenvalue weighted by atomic mass is 79.9. The van der Waals surface area contributed by atoms with Crippen molar-refractivity contribution in [3.8, 4) is 23.4 Å². The Morgan fingerprint density at radius 1 is 1.23 bits per heavy atom. The van der Waals surface area contributed by atoms with Gasteiger partial charge in [-0.05, 0) is 22.0 Å². The monoisotopic (exact) mass is 420 g/mol. The molecule has 1 aromatic heterocycles. The Kier molecular flexibility index (Phi) is 4.48. The number of aromatic nitrogens is 2. The van der Waals surface area contributed by atoms with Crippen LogP contribution in [0.5, 0.6) is 17.4 Å². The fourth-order valence-electron chi connectivity index (χ4n) is 2.81. The van der Waals surface area contributed by atoms with Crippen molar-refractivity contribution in [1.29, 1.82) is 5.26 Å². The van der Waals surface area contributed by atoms with Gasteiger partial charge in [-0.2, -0.15) is 5.26 Å². The quantitative estimate of drug-likeness (QED) is 0.673. The topological polar surface area (TPSA) is 143 Å². The summed E-state index contributed by atoms with van der Waals surface area (Å²) in [4.78, 5) is 28.5. The second kappa shape index (κ2) is 6.61. The highest BCUT2D eigenvalue weighted by Crippen LogP contribution is 2.45. The Labute approximate surface area is 155 Å². The number of methoxy groups -OCH3 is 2. The van der Waals surface area contributed by atoms with Crippen molar-refractivity contribution >= 4 is 15.9 Å². The average molecular weight is 421 g/mol. The molecule has 2 aromatic rings. The largest absolute Gasteiger partial charge is 0.496 e. The molecule has 0 aliphatic carbocycles. The number of nitrogens with two attached hydrogens (primary N) is 1. The summed E-state index contributed by atoms with van der Waals surface area (Å²) in [6.45, 7) is 0. The summed E-state index contributed by atoms with van der Waals surface area (Å²) in [5.41, 5.74) is 4.94. The molecule has 0 spiro atoms. The molecule has 134 valence electrons. The van der Waals surface area contributed by atoms with E-state index in [0.29, 0.717) is 21.5 Å². The van der Waals surface area contributed by atoms with Crippen LogP contribution in [0.25, 0.3) is 0 Å². The molecule has 0 amide bonds. The number of aromatic amines is 2. The molecular weight excluding hydrogens is 408 g/mol. The standard InChI is InChI=1S/C16H13BrN4O5/c1-24-9-4-10(25-2)8(17)3-6(9)11-7(5-18)13(19)26-15-12(11)14(22)20-16(23)21-15/h3-4,11H,19H2,1-2H3,(H2,20,21,22,23)/t11-/m0/s1. The predicted octanol–water partition coefficient (Wildman–Crippen LogP) is 1.06. The zero-order valence-electron chi connectivity index (χ0n) is 13.7. The highest BCUT2D eigenvalue weighted by molar-refractivity contribution is 9.10. The number of benzene rings is 1. The van der Waals surface area contributed by atoms with Gasteiger partial charge in [-0.15, -0.1) is 0 Å². The van der Waals surface area contributed by atoms with Crippen LogP contribution in [0.15, 0.2) is 37.7 Å². The summed E-state index contributed by atoms with van der Waals surface area (Å²) in [6, 6.07) is 5.24. The van der Waals surface area contributed by atoms with Crippen molar-refractivity contribution in [2.24, 2.45) is 5.73 Å². The number of hydrogen-bond acceptors (Lipinski definition) is 7. The Morgan fingerprint density at radius 3 is 2.54 bits per heavy atom.